The van der Waals surface area contributed by atoms with Crippen LogP contribution in [-0.4, -0.2) is 18.5 Å². The van der Waals surface area contributed by atoms with Crippen molar-refractivity contribution < 1.29 is 4.92 Å². The van der Waals surface area contributed by atoms with Gasteiger partial charge in [-0.15, -0.1) is 0 Å². The van der Waals surface area contributed by atoms with Crippen LogP contribution in [0.1, 0.15) is 13.3 Å². The zero-order valence-electron chi connectivity index (χ0n) is 8.91. The van der Waals surface area contributed by atoms with Crippen LogP contribution in [0.15, 0.2) is 18.2 Å². The lowest BCUT2D eigenvalue weighted by molar-refractivity contribution is -0.384. The second-order valence-electron chi connectivity index (χ2n) is 3.20. The molecule has 2 N–H and O–H groups in total. The molecule has 0 atom stereocenters. The smallest absolute Gasteiger partial charge is 0.273 e. The maximum atomic E-state index is 10.6. The molecule has 0 fully saturated rings. The van der Waals surface area contributed by atoms with Gasteiger partial charge in [-0.1, -0.05) is 6.92 Å². The number of nitro benzene ring substituents is 1. The topological polar surface area (TPSA) is 67.2 Å². The SMILES string of the molecule is CCCNc1cc(NC)cc([N+](=O)[O-])c1. The van der Waals surface area contributed by atoms with Crippen LogP contribution in [0.4, 0.5) is 17.1 Å². The third-order valence-corrected chi connectivity index (χ3v) is 2.00. The Morgan fingerprint density at radius 1 is 1.33 bits per heavy atom. The monoisotopic (exact) mass is 209 g/mol. The summed E-state index contributed by atoms with van der Waals surface area (Å²) in [5.41, 5.74) is 1.61. The first kappa shape index (κ1) is 11.3. The molecule has 0 saturated heterocycles. The van der Waals surface area contributed by atoms with Crippen molar-refractivity contribution in [3.8, 4) is 0 Å². The summed E-state index contributed by atoms with van der Waals surface area (Å²) >= 11 is 0. The third kappa shape index (κ3) is 3.12. The van der Waals surface area contributed by atoms with E-state index in [0.717, 1.165) is 24.3 Å². The maximum absolute atomic E-state index is 10.6. The number of rotatable bonds is 5. The number of nitro groups is 1. The number of hydrogen-bond donors (Lipinski definition) is 2. The summed E-state index contributed by atoms with van der Waals surface area (Å²) in [6.45, 7) is 2.85. The lowest BCUT2D eigenvalue weighted by Crippen LogP contribution is -2.01. The van der Waals surface area contributed by atoms with E-state index in [0.29, 0.717) is 0 Å². The fourth-order valence-electron chi connectivity index (χ4n) is 1.23. The molecule has 0 aliphatic heterocycles. The zero-order chi connectivity index (χ0) is 11.3. The number of hydrogen-bond acceptors (Lipinski definition) is 4. The lowest BCUT2D eigenvalue weighted by Gasteiger charge is -2.07. The predicted octanol–water partition coefficient (Wildman–Crippen LogP) is 2.46. The molecule has 0 aliphatic rings. The molecular weight excluding hydrogens is 194 g/mol. The molecule has 0 spiro atoms. The lowest BCUT2D eigenvalue weighted by atomic mass is 10.2. The number of nitrogens with zero attached hydrogens (tertiary/aromatic N) is 1. The van der Waals surface area contributed by atoms with Gasteiger partial charge in [0, 0.05) is 37.1 Å². The van der Waals surface area contributed by atoms with Crippen LogP contribution in [0.25, 0.3) is 0 Å². The van der Waals surface area contributed by atoms with Crippen LogP contribution in [0, 0.1) is 10.1 Å². The summed E-state index contributed by atoms with van der Waals surface area (Å²) in [7, 11) is 1.74. The minimum absolute atomic E-state index is 0.0976. The van der Waals surface area contributed by atoms with E-state index >= 15 is 0 Å². The minimum Gasteiger partial charge on any atom is -0.388 e. The highest BCUT2D eigenvalue weighted by molar-refractivity contribution is 5.63. The van der Waals surface area contributed by atoms with Gasteiger partial charge < -0.3 is 10.6 Å². The second-order valence-corrected chi connectivity index (χ2v) is 3.20. The maximum Gasteiger partial charge on any atom is 0.273 e. The fraction of sp³-hybridized carbons (Fsp3) is 0.400. The van der Waals surface area contributed by atoms with Crippen LogP contribution >= 0.6 is 0 Å². The van der Waals surface area contributed by atoms with Gasteiger partial charge in [0.05, 0.1) is 4.92 Å². The van der Waals surface area contributed by atoms with Crippen molar-refractivity contribution in [2.45, 2.75) is 13.3 Å². The molecule has 5 nitrogen and oxygen atoms in total. The largest absolute Gasteiger partial charge is 0.388 e. The first-order valence-corrected chi connectivity index (χ1v) is 4.88. The van der Waals surface area contributed by atoms with Gasteiger partial charge in [-0.3, -0.25) is 10.1 Å². The summed E-state index contributed by atoms with van der Waals surface area (Å²) in [5, 5.41) is 16.7. The average molecular weight is 209 g/mol. The molecule has 1 aromatic carbocycles. The predicted molar refractivity (Wildman–Crippen MR) is 61.4 cm³/mol. The van der Waals surface area contributed by atoms with E-state index in [1.54, 1.807) is 7.05 Å². The van der Waals surface area contributed by atoms with Crippen LogP contribution in [0.5, 0.6) is 0 Å². The first-order valence-electron chi connectivity index (χ1n) is 4.88. The van der Waals surface area contributed by atoms with E-state index in [-0.39, 0.29) is 5.69 Å². The summed E-state index contributed by atoms with van der Waals surface area (Å²) in [6, 6.07) is 4.90. The van der Waals surface area contributed by atoms with Gasteiger partial charge in [0.1, 0.15) is 0 Å². The Bertz CT molecular complexity index is 353. The molecule has 0 amide bonds. The van der Waals surface area contributed by atoms with Crippen LogP contribution < -0.4 is 10.6 Å². The molecule has 0 radical (unpaired) electrons. The first-order chi connectivity index (χ1) is 7.17. The van der Waals surface area contributed by atoms with Crippen molar-refractivity contribution in [1.29, 1.82) is 0 Å². The third-order valence-electron chi connectivity index (χ3n) is 2.00. The zero-order valence-corrected chi connectivity index (χ0v) is 8.91. The van der Waals surface area contributed by atoms with Gasteiger partial charge in [0.15, 0.2) is 0 Å². The molecule has 82 valence electrons. The van der Waals surface area contributed by atoms with Gasteiger partial charge in [-0.25, -0.2) is 0 Å². The number of anilines is 2. The normalized spacial score (nSPS) is 9.73. The summed E-state index contributed by atoms with van der Waals surface area (Å²) in [4.78, 5) is 10.3. The highest BCUT2D eigenvalue weighted by atomic mass is 16.6. The Labute approximate surface area is 88.6 Å². The van der Waals surface area contributed by atoms with Crippen molar-refractivity contribution in [2.24, 2.45) is 0 Å². The second kappa shape index (κ2) is 5.19. The quantitative estimate of drug-likeness (QED) is 0.577. The average Bonchev–Trinajstić information content (AvgIpc) is 2.25. The molecule has 1 aromatic rings. The Kier molecular flexibility index (Phi) is 3.91. The summed E-state index contributed by atoms with van der Waals surface area (Å²) < 4.78 is 0. The molecule has 0 aromatic heterocycles. The van der Waals surface area contributed by atoms with Gasteiger partial charge in [-0.2, -0.15) is 0 Å². The Morgan fingerprint density at radius 2 is 2.00 bits per heavy atom. The molecule has 5 heteroatoms. The van der Waals surface area contributed by atoms with Crippen LogP contribution in [0.2, 0.25) is 0 Å². The van der Waals surface area contributed by atoms with Crippen LogP contribution in [-0.2, 0) is 0 Å². The Hall–Kier alpha value is -1.78. The Balaban J connectivity index is 2.95. The standard InChI is InChI=1S/C10H15N3O2/c1-3-4-12-9-5-8(11-2)6-10(7-9)13(14)15/h5-7,11-12H,3-4H2,1-2H3. The summed E-state index contributed by atoms with van der Waals surface area (Å²) in [5.74, 6) is 0. The Morgan fingerprint density at radius 3 is 2.53 bits per heavy atom. The van der Waals surface area contributed by atoms with Crippen molar-refractivity contribution in [2.75, 3.05) is 24.2 Å². The molecule has 0 saturated carbocycles. The van der Waals surface area contributed by atoms with E-state index in [9.17, 15) is 10.1 Å². The minimum atomic E-state index is -0.391. The van der Waals surface area contributed by atoms with E-state index in [1.165, 1.54) is 12.1 Å². The number of non-ortho nitro benzene ring substituents is 1. The van der Waals surface area contributed by atoms with Gasteiger partial charge in [0.25, 0.3) is 5.69 Å². The molecule has 0 bridgehead atoms. The van der Waals surface area contributed by atoms with Crippen molar-refractivity contribution in [1.82, 2.24) is 0 Å². The number of benzene rings is 1. The highest BCUT2D eigenvalue weighted by Crippen LogP contribution is 2.23. The molecule has 0 unspecified atom stereocenters. The molecule has 1 rings (SSSR count). The van der Waals surface area contributed by atoms with Crippen LogP contribution in [0.3, 0.4) is 0 Å². The van der Waals surface area contributed by atoms with Crippen molar-refractivity contribution in [3.05, 3.63) is 28.3 Å². The van der Waals surface area contributed by atoms with Crippen molar-refractivity contribution >= 4 is 17.1 Å². The fourth-order valence-corrected chi connectivity index (χ4v) is 1.23. The van der Waals surface area contributed by atoms with Gasteiger partial charge in [-0.05, 0) is 12.5 Å². The number of nitrogens with one attached hydrogen (secondary N) is 2. The summed E-state index contributed by atoms with van der Waals surface area (Å²) in [6.07, 6.45) is 0.984. The molecule has 0 heterocycles. The van der Waals surface area contributed by atoms with E-state index in [1.807, 2.05) is 13.0 Å². The molecule has 15 heavy (non-hydrogen) atoms. The molecule has 0 aliphatic carbocycles. The van der Waals surface area contributed by atoms with E-state index in [4.69, 9.17) is 0 Å². The van der Waals surface area contributed by atoms with Gasteiger partial charge >= 0.3 is 0 Å². The highest BCUT2D eigenvalue weighted by Gasteiger charge is 2.08. The van der Waals surface area contributed by atoms with Gasteiger partial charge in [0.2, 0.25) is 0 Å². The van der Waals surface area contributed by atoms with E-state index in [2.05, 4.69) is 10.6 Å². The van der Waals surface area contributed by atoms with E-state index < -0.39 is 4.92 Å². The molecular formula is C10H15N3O2. The van der Waals surface area contributed by atoms with Crippen molar-refractivity contribution in [3.63, 3.8) is 0 Å².